The van der Waals surface area contributed by atoms with Gasteiger partial charge in [-0.15, -0.1) is 11.3 Å². The molecule has 0 saturated carbocycles. The number of thiazole rings is 1. The summed E-state index contributed by atoms with van der Waals surface area (Å²) >= 11 is 1.13. The van der Waals surface area contributed by atoms with Crippen LogP contribution in [0.15, 0.2) is 29.6 Å². The fourth-order valence-electron chi connectivity index (χ4n) is 1.79. The second-order valence-electron chi connectivity index (χ2n) is 4.59. The number of amides is 2. The summed E-state index contributed by atoms with van der Waals surface area (Å²) in [5.41, 5.74) is -0.853. The lowest BCUT2D eigenvalue weighted by Gasteiger charge is -2.13. The van der Waals surface area contributed by atoms with E-state index in [0.29, 0.717) is 10.8 Å². The van der Waals surface area contributed by atoms with E-state index in [-0.39, 0.29) is 18.0 Å². The molecule has 9 heteroatoms. The molecule has 0 aliphatic rings. The molecular weight excluding hydrogens is 331 g/mol. The van der Waals surface area contributed by atoms with Gasteiger partial charge in [-0.2, -0.15) is 13.2 Å². The highest BCUT2D eigenvalue weighted by atomic mass is 32.1. The number of nitrogens with zero attached hydrogens (tertiary/aromatic N) is 1. The van der Waals surface area contributed by atoms with Crippen LogP contribution in [0.3, 0.4) is 0 Å². The van der Waals surface area contributed by atoms with Crippen LogP contribution in [-0.2, 0) is 22.2 Å². The number of anilines is 2. The zero-order valence-corrected chi connectivity index (χ0v) is 12.7. The first kappa shape index (κ1) is 16.9. The molecule has 0 unspecified atom stereocenters. The predicted molar refractivity (Wildman–Crippen MR) is 80.2 cm³/mol. The zero-order chi connectivity index (χ0) is 17.0. The number of nitrogens with one attached hydrogen (secondary N) is 2. The number of benzene rings is 1. The second kappa shape index (κ2) is 6.78. The number of aromatic nitrogens is 1. The van der Waals surface area contributed by atoms with E-state index in [2.05, 4.69) is 15.6 Å². The van der Waals surface area contributed by atoms with Crippen molar-refractivity contribution in [1.29, 1.82) is 0 Å². The molecule has 0 atom stereocenters. The number of halogens is 3. The third-order valence-corrected chi connectivity index (χ3v) is 3.49. The first-order valence-corrected chi connectivity index (χ1v) is 7.32. The molecule has 2 rings (SSSR count). The third-order valence-electron chi connectivity index (χ3n) is 2.68. The average Bonchev–Trinajstić information content (AvgIpc) is 2.84. The molecule has 0 radical (unpaired) electrons. The van der Waals surface area contributed by atoms with Crippen molar-refractivity contribution in [3.05, 3.63) is 40.9 Å². The van der Waals surface area contributed by atoms with Gasteiger partial charge in [-0.3, -0.25) is 9.59 Å². The van der Waals surface area contributed by atoms with Gasteiger partial charge in [-0.1, -0.05) is 12.1 Å². The maximum absolute atomic E-state index is 12.8. The van der Waals surface area contributed by atoms with E-state index in [4.69, 9.17) is 0 Å². The number of carbonyl (C=O) groups is 2. The SMILES string of the molecule is CC(=O)Nc1nc(CC(=O)Nc2ccccc2C(F)(F)F)cs1. The molecule has 5 nitrogen and oxygen atoms in total. The van der Waals surface area contributed by atoms with Crippen LogP contribution in [0.4, 0.5) is 24.0 Å². The molecule has 2 aromatic rings. The molecule has 0 aliphatic carbocycles. The number of carbonyl (C=O) groups excluding carboxylic acids is 2. The molecule has 0 spiro atoms. The van der Waals surface area contributed by atoms with Crippen LogP contribution >= 0.6 is 11.3 Å². The van der Waals surface area contributed by atoms with Crippen molar-refractivity contribution in [1.82, 2.24) is 4.98 Å². The summed E-state index contributed by atoms with van der Waals surface area (Å²) in [5.74, 6) is -0.921. The number of alkyl halides is 3. The smallest absolute Gasteiger partial charge is 0.325 e. The third kappa shape index (κ3) is 4.78. The van der Waals surface area contributed by atoms with Crippen LogP contribution in [0, 0.1) is 0 Å². The number of hydrogen-bond donors (Lipinski definition) is 2. The molecule has 23 heavy (non-hydrogen) atoms. The van der Waals surface area contributed by atoms with E-state index in [1.165, 1.54) is 25.1 Å². The minimum Gasteiger partial charge on any atom is -0.325 e. The summed E-state index contributed by atoms with van der Waals surface area (Å²) in [4.78, 5) is 26.8. The topological polar surface area (TPSA) is 71.1 Å². The van der Waals surface area contributed by atoms with Crippen molar-refractivity contribution in [2.45, 2.75) is 19.5 Å². The van der Waals surface area contributed by atoms with Gasteiger partial charge in [0.25, 0.3) is 0 Å². The minimum absolute atomic E-state index is 0.192. The van der Waals surface area contributed by atoms with Gasteiger partial charge < -0.3 is 10.6 Å². The van der Waals surface area contributed by atoms with Crippen molar-refractivity contribution in [2.75, 3.05) is 10.6 Å². The molecule has 1 heterocycles. The monoisotopic (exact) mass is 343 g/mol. The van der Waals surface area contributed by atoms with Crippen molar-refractivity contribution >= 4 is 34.0 Å². The van der Waals surface area contributed by atoms with Crippen molar-refractivity contribution in [3.8, 4) is 0 Å². The van der Waals surface area contributed by atoms with Crippen molar-refractivity contribution < 1.29 is 22.8 Å². The molecule has 2 N–H and O–H groups in total. The zero-order valence-electron chi connectivity index (χ0n) is 11.9. The second-order valence-corrected chi connectivity index (χ2v) is 5.45. The fraction of sp³-hybridized carbons (Fsp3) is 0.214. The van der Waals surface area contributed by atoms with Crippen LogP contribution in [0.2, 0.25) is 0 Å². The number of para-hydroxylation sites is 1. The lowest BCUT2D eigenvalue weighted by Crippen LogP contribution is -2.18. The average molecular weight is 343 g/mol. The van der Waals surface area contributed by atoms with E-state index in [1.54, 1.807) is 5.38 Å². The Morgan fingerprint density at radius 3 is 2.57 bits per heavy atom. The van der Waals surface area contributed by atoms with E-state index in [9.17, 15) is 22.8 Å². The molecule has 122 valence electrons. The van der Waals surface area contributed by atoms with E-state index in [1.807, 2.05) is 0 Å². The molecule has 1 aromatic heterocycles. The Morgan fingerprint density at radius 2 is 1.91 bits per heavy atom. The van der Waals surface area contributed by atoms with Crippen LogP contribution < -0.4 is 10.6 Å². The first-order valence-electron chi connectivity index (χ1n) is 6.44. The summed E-state index contributed by atoms with van der Waals surface area (Å²) in [6, 6.07) is 4.74. The highest BCUT2D eigenvalue weighted by molar-refractivity contribution is 7.13. The van der Waals surface area contributed by atoms with Gasteiger partial charge in [0.15, 0.2) is 5.13 Å². The molecule has 0 aliphatic heterocycles. The normalized spacial score (nSPS) is 11.1. The Labute approximate surface area is 133 Å². The van der Waals surface area contributed by atoms with Gasteiger partial charge >= 0.3 is 6.18 Å². The highest BCUT2D eigenvalue weighted by Gasteiger charge is 2.33. The predicted octanol–water partition coefficient (Wildman–Crippen LogP) is 3.30. The van der Waals surface area contributed by atoms with Crippen LogP contribution in [-0.4, -0.2) is 16.8 Å². The lowest BCUT2D eigenvalue weighted by atomic mass is 10.1. The summed E-state index contributed by atoms with van der Waals surface area (Å²) in [6.45, 7) is 1.32. The van der Waals surface area contributed by atoms with Gasteiger partial charge in [-0.05, 0) is 12.1 Å². The molecule has 0 fully saturated rings. The summed E-state index contributed by atoms with van der Waals surface area (Å²) in [5, 5.41) is 6.58. The largest absolute Gasteiger partial charge is 0.418 e. The van der Waals surface area contributed by atoms with Gasteiger partial charge in [0.1, 0.15) is 0 Å². The number of hydrogen-bond acceptors (Lipinski definition) is 4. The summed E-state index contributed by atoms with van der Waals surface area (Å²) in [6.07, 6.45) is -4.74. The lowest BCUT2D eigenvalue weighted by molar-refractivity contribution is -0.137. The molecule has 0 bridgehead atoms. The Kier molecular flexibility index (Phi) is 4.99. The first-order chi connectivity index (χ1) is 10.8. The summed E-state index contributed by atoms with van der Waals surface area (Å²) < 4.78 is 38.5. The summed E-state index contributed by atoms with van der Waals surface area (Å²) in [7, 11) is 0. The number of rotatable bonds is 4. The Bertz CT molecular complexity index is 728. The molecule has 0 saturated heterocycles. The Morgan fingerprint density at radius 1 is 1.22 bits per heavy atom. The Balaban J connectivity index is 2.06. The van der Waals surface area contributed by atoms with Gasteiger partial charge in [0.05, 0.1) is 23.4 Å². The van der Waals surface area contributed by atoms with E-state index < -0.39 is 17.6 Å². The van der Waals surface area contributed by atoms with E-state index in [0.717, 1.165) is 17.4 Å². The maximum atomic E-state index is 12.8. The fourth-order valence-corrected chi connectivity index (χ4v) is 2.55. The molecular formula is C14H12F3N3O2S. The quantitative estimate of drug-likeness (QED) is 0.895. The highest BCUT2D eigenvalue weighted by Crippen LogP contribution is 2.34. The van der Waals surface area contributed by atoms with Crippen LogP contribution in [0.5, 0.6) is 0 Å². The molecule has 2 amide bonds. The van der Waals surface area contributed by atoms with Crippen molar-refractivity contribution in [2.24, 2.45) is 0 Å². The van der Waals surface area contributed by atoms with Gasteiger partial charge in [-0.25, -0.2) is 4.98 Å². The standard InChI is InChI=1S/C14H12F3N3O2S/c1-8(21)18-13-19-9(7-23-13)6-12(22)20-11-5-3-2-4-10(11)14(15,16)17/h2-5,7H,6H2,1H3,(H,20,22)(H,18,19,21). The van der Waals surface area contributed by atoms with Crippen molar-refractivity contribution in [3.63, 3.8) is 0 Å². The van der Waals surface area contributed by atoms with E-state index >= 15 is 0 Å². The van der Waals surface area contributed by atoms with Gasteiger partial charge in [0, 0.05) is 12.3 Å². The molecule has 1 aromatic carbocycles. The minimum atomic E-state index is -4.55. The van der Waals surface area contributed by atoms with Gasteiger partial charge in [0.2, 0.25) is 11.8 Å². The Hall–Kier alpha value is -2.42. The van der Waals surface area contributed by atoms with Crippen LogP contribution in [0.25, 0.3) is 0 Å². The maximum Gasteiger partial charge on any atom is 0.418 e. The van der Waals surface area contributed by atoms with Crippen LogP contribution in [0.1, 0.15) is 18.2 Å².